The fourth-order valence-electron chi connectivity index (χ4n) is 1.24. The van der Waals surface area contributed by atoms with Gasteiger partial charge in [-0.1, -0.05) is 17.7 Å². The van der Waals surface area contributed by atoms with Crippen LogP contribution in [0.15, 0.2) is 23.4 Å². The number of hydrogen-bond donors (Lipinski definition) is 0. The normalized spacial score (nSPS) is 11.7. The largest absolute Gasteiger partial charge is 0.482 e. The van der Waals surface area contributed by atoms with Crippen molar-refractivity contribution in [3.05, 3.63) is 34.2 Å². The highest BCUT2D eigenvalue weighted by molar-refractivity contribution is 6.20. The molecule has 0 spiro atoms. The summed E-state index contributed by atoms with van der Waals surface area (Å²) in [7, 11) is 1.29. The monoisotopic (exact) mass is 257 g/mol. The second kappa shape index (κ2) is 6.20. The summed E-state index contributed by atoms with van der Waals surface area (Å²) < 4.78 is 9.68. The van der Waals surface area contributed by atoms with Crippen molar-refractivity contribution in [2.45, 2.75) is 12.4 Å². The highest BCUT2D eigenvalue weighted by Gasteiger charge is 2.10. The molecule has 1 unspecified atom stereocenters. The molecule has 1 aromatic carbocycles. The molecule has 6 heteroatoms. The maximum Gasteiger partial charge on any atom is 0.343 e. The predicted molar refractivity (Wildman–Crippen MR) is 63.1 cm³/mol. The zero-order valence-corrected chi connectivity index (χ0v) is 10.2. The summed E-state index contributed by atoms with van der Waals surface area (Å²) in [5, 5.41) is 2.72. The topological polar surface area (TPSA) is 65.0 Å². The Balaban J connectivity index is 2.76. The Morgan fingerprint density at radius 2 is 2.24 bits per heavy atom. The fraction of sp³-hybridized carbons (Fsp3) is 0.364. The fourth-order valence-corrected chi connectivity index (χ4v) is 1.37. The van der Waals surface area contributed by atoms with E-state index >= 15 is 0 Å². The second-order valence-electron chi connectivity index (χ2n) is 3.33. The van der Waals surface area contributed by atoms with E-state index in [4.69, 9.17) is 16.3 Å². The number of halogens is 1. The van der Waals surface area contributed by atoms with Gasteiger partial charge in [0.25, 0.3) is 0 Å². The minimum absolute atomic E-state index is 0.160. The lowest BCUT2D eigenvalue weighted by Gasteiger charge is -2.09. The number of hydrogen-bond acceptors (Lipinski definition) is 5. The highest BCUT2D eigenvalue weighted by Crippen LogP contribution is 2.26. The van der Waals surface area contributed by atoms with Gasteiger partial charge in [0.1, 0.15) is 5.75 Å². The molecule has 92 valence electrons. The molecular weight excluding hydrogens is 246 g/mol. The lowest BCUT2D eigenvalue weighted by molar-refractivity contribution is -0.142. The molecule has 0 heterocycles. The molecule has 0 aliphatic carbocycles. The molecule has 0 N–H and O–H groups in total. The quantitative estimate of drug-likeness (QED) is 0.352. The molecule has 0 aromatic heterocycles. The summed E-state index contributed by atoms with van der Waals surface area (Å²) in [4.78, 5) is 21.2. The van der Waals surface area contributed by atoms with Gasteiger partial charge in [-0.25, -0.2) is 4.79 Å². The van der Waals surface area contributed by atoms with E-state index in [1.165, 1.54) is 7.11 Å². The number of rotatable bonds is 5. The summed E-state index contributed by atoms with van der Waals surface area (Å²) >= 11 is 5.67. The van der Waals surface area contributed by atoms with Gasteiger partial charge in [-0.2, -0.15) is 0 Å². The van der Waals surface area contributed by atoms with E-state index in [9.17, 15) is 9.70 Å². The Bertz CT molecular complexity index is 422. The molecule has 0 aliphatic rings. The summed E-state index contributed by atoms with van der Waals surface area (Å²) in [6.07, 6.45) is 0. The average molecular weight is 258 g/mol. The maximum absolute atomic E-state index is 10.9. The van der Waals surface area contributed by atoms with Crippen LogP contribution in [0.4, 0.5) is 0 Å². The van der Waals surface area contributed by atoms with Crippen LogP contribution in [-0.2, 0) is 9.53 Å². The molecule has 0 bridgehead atoms. The predicted octanol–water partition coefficient (Wildman–Crippen LogP) is 2.55. The number of carbonyl (C=O) groups excluding carboxylic acids is 1. The molecule has 0 fully saturated rings. The average Bonchev–Trinajstić information content (AvgIpc) is 2.35. The first-order chi connectivity index (χ1) is 8.08. The molecule has 0 saturated heterocycles. The lowest BCUT2D eigenvalue weighted by Crippen LogP contribution is -2.13. The Labute approximate surface area is 104 Å². The zero-order valence-electron chi connectivity index (χ0n) is 9.47. The molecule has 0 saturated carbocycles. The van der Waals surface area contributed by atoms with Crippen LogP contribution >= 0.6 is 11.6 Å². The van der Waals surface area contributed by atoms with Crippen molar-refractivity contribution >= 4 is 17.6 Å². The van der Waals surface area contributed by atoms with Crippen molar-refractivity contribution in [3.63, 3.8) is 0 Å². The van der Waals surface area contributed by atoms with Crippen LogP contribution in [0.3, 0.4) is 0 Å². The van der Waals surface area contributed by atoms with Crippen LogP contribution in [0.1, 0.15) is 16.6 Å². The van der Waals surface area contributed by atoms with Crippen molar-refractivity contribution in [3.8, 4) is 5.75 Å². The Hall–Kier alpha value is -1.62. The van der Waals surface area contributed by atoms with Gasteiger partial charge in [0.15, 0.2) is 12.1 Å². The van der Waals surface area contributed by atoms with E-state index in [2.05, 4.69) is 9.91 Å². The summed E-state index contributed by atoms with van der Waals surface area (Å²) in [5.74, 6) is 0.0761. The van der Waals surface area contributed by atoms with Crippen LogP contribution in [0, 0.1) is 11.8 Å². The zero-order chi connectivity index (χ0) is 12.8. The number of nitroso groups, excluding NO2 is 1. The first-order valence-electron chi connectivity index (χ1n) is 4.85. The molecule has 1 rings (SSSR count). The summed E-state index contributed by atoms with van der Waals surface area (Å²) in [5.41, 5.74) is 0.439. The molecule has 0 amide bonds. The second-order valence-corrected chi connectivity index (χ2v) is 3.74. The highest BCUT2D eigenvalue weighted by atomic mass is 35.5. The van der Waals surface area contributed by atoms with Gasteiger partial charge < -0.3 is 9.47 Å². The Morgan fingerprint density at radius 1 is 1.53 bits per heavy atom. The number of carbonyl (C=O) groups is 1. The van der Waals surface area contributed by atoms with Crippen molar-refractivity contribution in [2.24, 2.45) is 5.18 Å². The van der Waals surface area contributed by atoms with E-state index in [0.29, 0.717) is 11.3 Å². The minimum Gasteiger partial charge on any atom is -0.482 e. The third-order valence-corrected chi connectivity index (χ3v) is 2.47. The standard InChI is InChI=1S/C11H12ClNO4/c1-7-5-8(11(12)13-15)3-4-9(7)17-6-10(14)16-2/h3-5,11H,6H2,1-2H3. The van der Waals surface area contributed by atoms with Gasteiger partial charge in [0.2, 0.25) is 0 Å². The van der Waals surface area contributed by atoms with Crippen LogP contribution < -0.4 is 4.74 Å². The van der Waals surface area contributed by atoms with Crippen molar-refractivity contribution in [2.75, 3.05) is 13.7 Å². The van der Waals surface area contributed by atoms with E-state index in [1.54, 1.807) is 25.1 Å². The lowest BCUT2D eigenvalue weighted by atomic mass is 10.1. The van der Waals surface area contributed by atoms with Crippen LogP contribution in [0.5, 0.6) is 5.75 Å². The minimum atomic E-state index is -0.914. The third kappa shape index (κ3) is 3.71. The maximum atomic E-state index is 10.9. The SMILES string of the molecule is COC(=O)COc1ccc(C(Cl)N=O)cc1C. The third-order valence-electron chi connectivity index (χ3n) is 2.14. The van der Waals surface area contributed by atoms with Crippen LogP contribution in [0.2, 0.25) is 0 Å². The smallest absolute Gasteiger partial charge is 0.343 e. The van der Waals surface area contributed by atoms with E-state index < -0.39 is 11.5 Å². The molecular formula is C11H12ClNO4. The van der Waals surface area contributed by atoms with Crippen molar-refractivity contribution < 1.29 is 14.3 Å². The van der Waals surface area contributed by atoms with E-state index in [-0.39, 0.29) is 6.61 Å². The number of ether oxygens (including phenoxy) is 2. The molecule has 1 atom stereocenters. The van der Waals surface area contributed by atoms with Crippen molar-refractivity contribution in [1.29, 1.82) is 0 Å². The number of alkyl halides is 1. The number of benzene rings is 1. The Morgan fingerprint density at radius 3 is 2.76 bits per heavy atom. The molecule has 0 aliphatic heterocycles. The van der Waals surface area contributed by atoms with Gasteiger partial charge in [-0.15, -0.1) is 4.91 Å². The van der Waals surface area contributed by atoms with Crippen molar-refractivity contribution in [1.82, 2.24) is 0 Å². The molecule has 17 heavy (non-hydrogen) atoms. The summed E-state index contributed by atoms with van der Waals surface area (Å²) in [6, 6.07) is 4.94. The molecule has 1 aromatic rings. The van der Waals surface area contributed by atoms with Crippen LogP contribution in [0.25, 0.3) is 0 Å². The number of esters is 1. The first-order valence-corrected chi connectivity index (χ1v) is 5.28. The van der Waals surface area contributed by atoms with Gasteiger partial charge >= 0.3 is 5.97 Å². The van der Waals surface area contributed by atoms with Gasteiger partial charge in [0, 0.05) is 0 Å². The first kappa shape index (κ1) is 13.4. The number of aryl methyl sites for hydroxylation is 1. The van der Waals surface area contributed by atoms with Gasteiger partial charge in [0.05, 0.1) is 7.11 Å². The van der Waals surface area contributed by atoms with Gasteiger partial charge in [-0.05, 0) is 35.4 Å². The van der Waals surface area contributed by atoms with Gasteiger partial charge in [-0.3, -0.25) is 0 Å². The molecule has 5 nitrogen and oxygen atoms in total. The molecule has 0 radical (unpaired) electrons. The summed E-state index contributed by atoms with van der Waals surface area (Å²) in [6.45, 7) is 1.62. The number of methoxy groups -OCH3 is 1. The Kier molecular flexibility index (Phi) is 4.90. The number of nitrogens with zero attached hydrogens (tertiary/aromatic N) is 1. The van der Waals surface area contributed by atoms with E-state index in [0.717, 1.165) is 5.56 Å². The van der Waals surface area contributed by atoms with E-state index in [1.807, 2.05) is 0 Å². The van der Waals surface area contributed by atoms with Crippen LogP contribution in [-0.4, -0.2) is 19.7 Å².